The van der Waals surface area contributed by atoms with Crippen molar-refractivity contribution in [3.63, 3.8) is 0 Å². The van der Waals surface area contributed by atoms with Crippen molar-refractivity contribution in [2.45, 2.75) is 13.0 Å². The quantitative estimate of drug-likeness (QED) is 0.684. The van der Waals surface area contributed by atoms with E-state index < -0.39 is 6.09 Å². The number of hydrogen-bond acceptors (Lipinski definition) is 2. The van der Waals surface area contributed by atoms with Gasteiger partial charge in [-0.2, -0.15) is 0 Å². The van der Waals surface area contributed by atoms with Gasteiger partial charge in [0.15, 0.2) is 0 Å². The molecule has 4 nitrogen and oxygen atoms in total. The van der Waals surface area contributed by atoms with Crippen molar-refractivity contribution in [1.82, 2.24) is 9.80 Å². The van der Waals surface area contributed by atoms with Gasteiger partial charge in [-0.05, 0) is 6.92 Å². The molecule has 1 fully saturated rings. The van der Waals surface area contributed by atoms with Crippen molar-refractivity contribution >= 4 is 17.7 Å². The highest BCUT2D eigenvalue weighted by Crippen LogP contribution is 2.09. The lowest BCUT2D eigenvalue weighted by molar-refractivity contribution is 0.0789. The number of carboxylic acid groups (broad SMARTS) is 1. The number of hydrogen-bond donors (Lipinski definition) is 1. The molecular formula is C8H15ClN2O2. The molecule has 0 aromatic rings. The Bertz CT molecular complexity index is 189. The molecule has 1 N–H and O–H groups in total. The van der Waals surface area contributed by atoms with E-state index in [1.54, 1.807) is 0 Å². The van der Waals surface area contributed by atoms with Crippen molar-refractivity contribution in [2.24, 2.45) is 0 Å². The van der Waals surface area contributed by atoms with Crippen molar-refractivity contribution in [1.29, 1.82) is 0 Å². The summed E-state index contributed by atoms with van der Waals surface area (Å²) in [6.07, 6.45) is -0.822. The van der Waals surface area contributed by atoms with Gasteiger partial charge in [-0.3, -0.25) is 4.90 Å². The Morgan fingerprint density at radius 2 is 2.31 bits per heavy atom. The first-order valence-electron chi connectivity index (χ1n) is 4.43. The molecule has 76 valence electrons. The van der Waals surface area contributed by atoms with Crippen LogP contribution in [0.15, 0.2) is 0 Å². The zero-order chi connectivity index (χ0) is 9.84. The number of amides is 1. The van der Waals surface area contributed by atoms with Gasteiger partial charge in [-0.25, -0.2) is 4.79 Å². The van der Waals surface area contributed by atoms with Crippen molar-refractivity contribution in [2.75, 3.05) is 32.1 Å². The van der Waals surface area contributed by atoms with Crippen LogP contribution in [-0.2, 0) is 0 Å². The van der Waals surface area contributed by atoms with Crippen LogP contribution in [0.1, 0.15) is 6.92 Å². The van der Waals surface area contributed by atoms with Crippen molar-refractivity contribution < 1.29 is 9.90 Å². The highest BCUT2D eigenvalue weighted by Gasteiger charge is 2.25. The molecule has 0 aromatic carbocycles. The zero-order valence-electron chi connectivity index (χ0n) is 7.74. The molecule has 13 heavy (non-hydrogen) atoms. The SMILES string of the molecule is CC1CN(C(=O)O)CCN1CCCl. The zero-order valence-corrected chi connectivity index (χ0v) is 8.50. The van der Waals surface area contributed by atoms with E-state index in [0.29, 0.717) is 19.0 Å². The molecule has 0 saturated carbocycles. The number of piperazine rings is 1. The molecule has 0 aromatic heterocycles. The molecule has 1 atom stereocenters. The van der Waals surface area contributed by atoms with Crippen molar-refractivity contribution in [3.05, 3.63) is 0 Å². The summed E-state index contributed by atoms with van der Waals surface area (Å²) in [7, 11) is 0. The van der Waals surface area contributed by atoms with Gasteiger partial charge in [-0.1, -0.05) is 0 Å². The lowest BCUT2D eigenvalue weighted by Crippen LogP contribution is -2.53. The Hall–Kier alpha value is -0.480. The Morgan fingerprint density at radius 1 is 1.62 bits per heavy atom. The average Bonchev–Trinajstić information content (AvgIpc) is 2.08. The summed E-state index contributed by atoms with van der Waals surface area (Å²) in [6, 6.07) is 0.281. The molecule has 1 rings (SSSR count). The van der Waals surface area contributed by atoms with Crippen molar-refractivity contribution in [3.8, 4) is 0 Å². The van der Waals surface area contributed by atoms with Gasteiger partial charge in [0.25, 0.3) is 0 Å². The largest absolute Gasteiger partial charge is 0.465 e. The minimum atomic E-state index is -0.822. The van der Waals surface area contributed by atoms with Crippen LogP contribution in [0.5, 0.6) is 0 Å². The summed E-state index contributed by atoms with van der Waals surface area (Å²) >= 11 is 5.63. The molecule has 0 spiro atoms. The highest BCUT2D eigenvalue weighted by molar-refractivity contribution is 6.18. The van der Waals surface area contributed by atoms with E-state index in [1.165, 1.54) is 4.90 Å². The fourth-order valence-corrected chi connectivity index (χ4v) is 1.83. The van der Waals surface area contributed by atoms with Gasteiger partial charge in [-0.15, -0.1) is 11.6 Å². The van der Waals surface area contributed by atoms with Crippen LogP contribution in [-0.4, -0.2) is 59.1 Å². The van der Waals surface area contributed by atoms with Gasteiger partial charge in [0, 0.05) is 38.1 Å². The van der Waals surface area contributed by atoms with Gasteiger partial charge < -0.3 is 10.0 Å². The molecular weight excluding hydrogens is 192 g/mol. The lowest BCUT2D eigenvalue weighted by Gasteiger charge is -2.38. The predicted molar refractivity (Wildman–Crippen MR) is 51.4 cm³/mol. The van der Waals surface area contributed by atoms with Crippen LogP contribution in [0, 0.1) is 0 Å². The normalized spacial score (nSPS) is 24.8. The fraction of sp³-hybridized carbons (Fsp3) is 0.875. The minimum absolute atomic E-state index is 0.281. The maximum Gasteiger partial charge on any atom is 0.407 e. The maximum absolute atomic E-state index is 10.6. The molecule has 0 bridgehead atoms. The Labute approximate surface area is 83.1 Å². The van der Waals surface area contributed by atoms with Gasteiger partial charge in [0.05, 0.1) is 0 Å². The summed E-state index contributed by atoms with van der Waals surface area (Å²) < 4.78 is 0. The molecule has 1 amide bonds. The standard InChI is InChI=1S/C8H15ClN2O2/c1-7-6-11(8(12)13)5-4-10(7)3-2-9/h7H,2-6H2,1H3,(H,12,13). The molecule has 1 saturated heterocycles. The van der Waals surface area contributed by atoms with Gasteiger partial charge >= 0.3 is 6.09 Å². The molecule has 1 unspecified atom stereocenters. The van der Waals surface area contributed by atoms with E-state index in [4.69, 9.17) is 16.7 Å². The van der Waals surface area contributed by atoms with E-state index in [9.17, 15) is 4.79 Å². The van der Waals surface area contributed by atoms with E-state index in [-0.39, 0.29) is 6.04 Å². The summed E-state index contributed by atoms with van der Waals surface area (Å²) in [4.78, 5) is 14.3. The number of halogens is 1. The summed E-state index contributed by atoms with van der Waals surface area (Å²) in [6.45, 7) is 4.85. The minimum Gasteiger partial charge on any atom is -0.465 e. The topological polar surface area (TPSA) is 43.8 Å². The monoisotopic (exact) mass is 206 g/mol. The van der Waals surface area contributed by atoms with Crippen LogP contribution in [0.4, 0.5) is 4.79 Å². The van der Waals surface area contributed by atoms with E-state index in [0.717, 1.165) is 13.1 Å². The summed E-state index contributed by atoms with van der Waals surface area (Å²) in [5.41, 5.74) is 0. The van der Waals surface area contributed by atoms with Crippen LogP contribution in [0.25, 0.3) is 0 Å². The third-order valence-electron chi connectivity index (χ3n) is 2.41. The molecule has 0 aliphatic carbocycles. The van der Waals surface area contributed by atoms with Crippen LogP contribution in [0.2, 0.25) is 0 Å². The van der Waals surface area contributed by atoms with Gasteiger partial charge in [0.1, 0.15) is 0 Å². The first-order valence-corrected chi connectivity index (χ1v) is 4.96. The number of alkyl halides is 1. The molecule has 5 heteroatoms. The summed E-state index contributed by atoms with van der Waals surface area (Å²) in [5, 5.41) is 8.75. The lowest BCUT2D eigenvalue weighted by atomic mass is 10.2. The van der Waals surface area contributed by atoms with E-state index >= 15 is 0 Å². The second-order valence-corrected chi connectivity index (χ2v) is 3.68. The average molecular weight is 207 g/mol. The summed E-state index contributed by atoms with van der Waals surface area (Å²) in [5.74, 6) is 0.609. The smallest absolute Gasteiger partial charge is 0.407 e. The Kier molecular flexibility index (Phi) is 3.81. The molecule has 0 radical (unpaired) electrons. The third-order valence-corrected chi connectivity index (χ3v) is 2.58. The number of rotatable bonds is 2. The molecule has 1 heterocycles. The second kappa shape index (κ2) is 4.67. The third kappa shape index (κ3) is 2.74. The fourth-order valence-electron chi connectivity index (χ4n) is 1.61. The van der Waals surface area contributed by atoms with E-state index in [1.807, 2.05) is 6.92 Å². The number of carbonyl (C=O) groups is 1. The van der Waals surface area contributed by atoms with Crippen LogP contribution < -0.4 is 0 Å². The first-order chi connectivity index (χ1) is 6.15. The predicted octanol–water partition coefficient (Wildman–Crippen LogP) is 0.909. The molecule has 1 aliphatic heterocycles. The van der Waals surface area contributed by atoms with Gasteiger partial charge in [0.2, 0.25) is 0 Å². The second-order valence-electron chi connectivity index (χ2n) is 3.30. The Balaban J connectivity index is 2.41. The molecule has 1 aliphatic rings. The first kappa shape index (κ1) is 10.6. The Morgan fingerprint density at radius 3 is 2.77 bits per heavy atom. The highest BCUT2D eigenvalue weighted by atomic mass is 35.5. The number of nitrogens with zero attached hydrogens (tertiary/aromatic N) is 2. The van der Waals surface area contributed by atoms with E-state index in [2.05, 4.69) is 4.90 Å². The van der Waals surface area contributed by atoms with Crippen LogP contribution >= 0.6 is 11.6 Å². The maximum atomic E-state index is 10.6. The van der Waals surface area contributed by atoms with Crippen LogP contribution in [0.3, 0.4) is 0 Å².